The third-order valence-electron chi connectivity index (χ3n) is 5.30. The van der Waals surface area contributed by atoms with Crippen molar-refractivity contribution in [2.75, 3.05) is 47.4 Å². The normalized spacial score (nSPS) is 22.8. The fourth-order valence-corrected chi connectivity index (χ4v) is 4.05. The van der Waals surface area contributed by atoms with Crippen LogP contribution in [-0.4, -0.2) is 79.9 Å². The Morgan fingerprint density at radius 2 is 2.00 bits per heavy atom. The van der Waals surface area contributed by atoms with Crippen LogP contribution in [0.5, 0.6) is 5.75 Å². The van der Waals surface area contributed by atoms with Gasteiger partial charge in [0.05, 0.1) is 19.2 Å². The number of amides is 2. The molecule has 3 saturated heterocycles. The first-order valence-corrected chi connectivity index (χ1v) is 9.34. The lowest BCUT2D eigenvalue weighted by atomic mass is 9.94. The van der Waals surface area contributed by atoms with Crippen LogP contribution in [0.4, 0.5) is 0 Å². The summed E-state index contributed by atoms with van der Waals surface area (Å²) in [7, 11) is 5.10. The Balaban J connectivity index is 1.78. The van der Waals surface area contributed by atoms with Crippen LogP contribution in [0.15, 0.2) is 18.2 Å². The third kappa shape index (κ3) is 3.96. The highest BCUT2D eigenvalue weighted by molar-refractivity contribution is 6.30. The lowest BCUT2D eigenvalue weighted by molar-refractivity contribution is -0.129. The number of hydrogen-bond donors (Lipinski definition) is 0. The number of halogens is 1. The van der Waals surface area contributed by atoms with Gasteiger partial charge in [-0.2, -0.15) is 0 Å². The number of piperidine rings is 1. The van der Waals surface area contributed by atoms with Crippen molar-refractivity contribution in [1.82, 2.24) is 14.7 Å². The Labute approximate surface area is 159 Å². The molecule has 26 heavy (non-hydrogen) atoms. The predicted octanol–water partition coefficient (Wildman–Crippen LogP) is 1.97. The summed E-state index contributed by atoms with van der Waals surface area (Å²) in [5.41, 5.74) is 0.542. The molecule has 2 atom stereocenters. The molecule has 3 aliphatic heterocycles. The van der Waals surface area contributed by atoms with Crippen LogP contribution in [0, 0.1) is 5.92 Å². The first kappa shape index (κ1) is 19.0. The van der Waals surface area contributed by atoms with Gasteiger partial charge < -0.3 is 14.5 Å². The van der Waals surface area contributed by atoms with Gasteiger partial charge in [-0.3, -0.25) is 14.5 Å². The summed E-state index contributed by atoms with van der Waals surface area (Å²) in [6.07, 6.45) is 2.07. The van der Waals surface area contributed by atoms with Crippen molar-refractivity contribution >= 4 is 23.4 Å². The highest BCUT2D eigenvalue weighted by Gasteiger charge is 2.38. The van der Waals surface area contributed by atoms with Crippen molar-refractivity contribution in [3.05, 3.63) is 28.8 Å². The van der Waals surface area contributed by atoms with E-state index in [1.165, 1.54) is 0 Å². The molecule has 4 rings (SSSR count). The molecule has 2 amide bonds. The van der Waals surface area contributed by atoms with E-state index in [-0.39, 0.29) is 17.9 Å². The number of nitrogens with zero attached hydrogens (tertiary/aromatic N) is 3. The van der Waals surface area contributed by atoms with E-state index in [4.69, 9.17) is 16.3 Å². The number of carbonyl (C=O) groups is 2. The Morgan fingerprint density at radius 1 is 1.23 bits per heavy atom. The molecule has 1 aromatic rings. The molecule has 3 aliphatic rings. The van der Waals surface area contributed by atoms with Gasteiger partial charge in [-0.05, 0) is 37.0 Å². The molecule has 0 saturated carbocycles. The van der Waals surface area contributed by atoms with Gasteiger partial charge in [0, 0.05) is 44.8 Å². The first-order chi connectivity index (χ1) is 12.4. The lowest BCUT2D eigenvalue weighted by Crippen LogP contribution is -2.48. The molecular weight excluding hydrogens is 354 g/mol. The molecule has 2 bridgehead atoms. The largest absolute Gasteiger partial charge is 0.496 e. The van der Waals surface area contributed by atoms with Gasteiger partial charge in [-0.15, -0.1) is 0 Å². The second kappa shape index (κ2) is 7.84. The average Bonchev–Trinajstić information content (AvgIpc) is 2.91. The maximum Gasteiger partial charge on any atom is 0.257 e. The number of fused-ring (bicyclic) bond motifs is 4. The number of methoxy groups -OCH3 is 1. The summed E-state index contributed by atoms with van der Waals surface area (Å²) in [6, 6.07) is 5.24. The molecule has 6 nitrogen and oxygen atoms in total. The Hall–Kier alpha value is -1.79. The van der Waals surface area contributed by atoms with E-state index >= 15 is 0 Å². The quantitative estimate of drug-likeness (QED) is 0.802. The molecule has 0 aliphatic carbocycles. The summed E-state index contributed by atoms with van der Waals surface area (Å²) in [6.45, 7) is 2.73. The van der Waals surface area contributed by atoms with E-state index in [0.29, 0.717) is 28.8 Å². The van der Waals surface area contributed by atoms with Crippen molar-refractivity contribution < 1.29 is 14.3 Å². The fraction of sp³-hybridized carbons (Fsp3) is 0.579. The molecular formula is C19H26ClN3O3. The smallest absolute Gasteiger partial charge is 0.257 e. The minimum absolute atomic E-state index is 0.0194. The monoisotopic (exact) mass is 379 g/mol. The van der Waals surface area contributed by atoms with E-state index in [9.17, 15) is 9.59 Å². The molecule has 0 N–H and O–H groups in total. The molecule has 0 radical (unpaired) electrons. The van der Waals surface area contributed by atoms with Gasteiger partial charge in [0.2, 0.25) is 5.91 Å². The van der Waals surface area contributed by atoms with Crippen molar-refractivity contribution in [3.63, 3.8) is 0 Å². The molecule has 0 aromatic heterocycles. The predicted molar refractivity (Wildman–Crippen MR) is 101 cm³/mol. The van der Waals surface area contributed by atoms with Gasteiger partial charge in [0.1, 0.15) is 5.75 Å². The van der Waals surface area contributed by atoms with Gasteiger partial charge in [0.25, 0.3) is 5.91 Å². The zero-order chi connectivity index (χ0) is 18.8. The van der Waals surface area contributed by atoms with Crippen molar-refractivity contribution in [3.8, 4) is 5.75 Å². The molecule has 0 unspecified atom stereocenters. The van der Waals surface area contributed by atoms with Crippen LogP contribution in [0.3, 0.4) is 0 Å². The molecule has 0 spiro atoms. The van der Waals surface area contributed by atoms with Gasteiger partial charge >= 0.3 is 0 Å². The van der Waals surface area contributed by atoms with Gasteiger partial charge in [-0.25, -0.2) is 0 Å². The number of benzene rings is 1. The SMILES string of the molecule is COc1cc(Cl)ccc1C(=O)N1C[C@H]2CC[C@@H]1CN(CC(=O)N(C)C)C2. The van der Waals surface area contributed by atoms with Crippen molar-refractivity contribution in [2.24, 2.45) is 5.92 Å². The van der Waals surface area contributed by atoms with Crippen LogP contribution >= 0.6 is 11.6 Å². The zero-order valence-corrected chi connectivity index (χ0v) is 16.3. The second-order valence-electron chi connectivity index (χ2n) is 7.38. The van der Waals surface area contributed by atoms with Crippen LogP contribution < -0.4 is 4.74 Å². The summed E-state index contributed by atoms with van der Waals surface area (Å²) in [5, 5.41) is 0.546. The highest BCUT2D eigenvalue weighted by Crippen LogP contribution is 2.31. The molecule has 3 heterocycles. The first-order valence-electron chi connectivity index (χ1n) is 8.96. The van der Waals surface area contributed by atoms with Crippen LogP contribution in [0.25, 0.3) is 0 Å². The topological polar surface area (TPSA) is 53.1 Å². The van der Waals surface area contributed by atoms with Gasteiger partial charge in [-0.1, -0.05) is 11.6 Å². The number of rotatable bonds is 4. The summed E-state index contributed by atoms with van der Waals surface area (Å²) in [4.78, 5) is 31.0. The number of likely N-dealkylation sites (N-methyl/N-ethyl adjacent to an activating group) is 1. The second-order valence-corrected chi connectivity index (χ2v) is 7.82. The van der Waals surface area contributed by atoms with E-state index in [1.54, 1.807) is 44.3 Å². The maximum absolute atomic E-state index is 13.2. The third-order valence-corrected chi connectivity index (χ3v) is 5.54. The average molecular weight is 380 g/mol. The Morgan fingerprint density at radius 3 is 2.69 bits per heavy atom. The molecule has 142 valence electrons. The van der Waals surface area contributed by atoms with Crippen molar-refractivity contribution in [1.29, 1.82) is 0 Å². The van der Waals surface area contributed by atoms with E-state index < -0.39 is 0 Å². The fourth-order valence-electron chi connectivity index (χ4n) is 3.89. The number of hydrogen-bond acceptors (Lipinski definition) is 4. The molecule has 7 heteroatoms. The minimum Gasteiger partial charge on any atom is -0.496 e. The Kier molecular flexibility index (Phi) is 5.73. The van der Waals surface area contributed by atoms with Crippen LogP contribution in [0.1, 0.15) is 23.2 Å². The molecule has 3 fully saturated rings. The van der Waals surface area contributed by atoms with E-state index in [2.05, 4.69) is 4.90 Å². The Bertz CT molecular complexity index is 695. The number of ether oxygens (including phenoxy) is 1. The van der Waals surface area contributed by atoms with Crippen LogP contribution in [-0.2, 0) is 4.79 Å². The number of carbonyl (C=O) groups excluding carboxylic acids is 2. The summed E-state index contributed by atoms with van der Waals surface area (Å²) in [5.74, 6) is 0.978. The zero-order valence-electron chi connectivity index (χ0n) is 15.6. The molecule has 1 aromatic carbocycles. The highest BCUT2D eigenvalue weighted by atomic mass is 35.5. The van der Waals surface area contributed by atoms with Crippen LogP contribution in [0.2, 0.25) is 5.02 Å². The summed E-state index contributed by atoms with van der Waals surface area (Å²) < 4.78 is 5.36. The lowest BCUT2D eigenvalue weighted by Gasteiger charge is -2.36. The van der Waals surface area contributed by atoms with E-state index in [1.807, 2.05) is 4.90 Å². The van der Waals surface area contributed by atoms with Gasteiger partial charge in [0.15, 0.2) is 0 Å². The van der Waals surface area contributed by atoms with Crippen molar-refractivity contribution in [2.45, 2.75) is 18.9 Å². The minimum atomic E-state index is -0.0194. The summed E-state index contributed by atoms with van der Waals surface area (Å²) >= 11 is 6.02. The maximum atomic E-state index is 13.2. The van der Waals surface area contributed by atoms with E-state index in [0.717, 1.165) is 32.5 Å². The standard InChI is InChI=1S/C19H26ClN3O3/c1-21(2)18(24)12-22-9-13-4-6-15(11-22)23(10-13)19(25)16-7-5-14(20)8-17(16)26-3/h5,7-8,13,15H,4,6,9-12H2,1-3H3/t13-,15+/m0/s1.